The van der Waals surface area contributed by atoms with Gasteiger partial charge in [-0.2, -0.15) is 5.10 Å². The molecule has 30 heavy (non-hydrogen) atoms. The van der Waals surface area contributed by atoms with E-state index in [0.29, 0.717) is 5.82 Å². The maximum absolute atomic E-state index is 12.4. The molecule has 1 aliphatic heterocycles. The number of aryl methyl sites for hydroxylation is 2. The van der Waals surface area contributed by atoms with Crippen LogP contribution in [-0.2, 0) is 19.4 Å². The average Bonchev–Trinajstić information content (AvgIpc) is 3.22. The van der Waals surface area contributed by atoms with Crippen molar-refractivity contribution in [2.75, 3.05) is 18.4 Å². The van der Waals surface area contributed by atoms with E-state index in [1.807, 2.05) is 30.3 Å². The van der Waals surface area contributed by atoms with Crippen molar-refractivity contribution in [2.24, 2.45) is 0 Å². The zero-order valence-corrected chi connectivity index (χ0v) is 17.2. The quantitative estimate of drug-likeness (QED) is 0.559. The van der Waals surface area contributed by atoms with Crippen molar-refractivity contribution in [1.82, 2.24) is 20.4 Å². The zero-order chi connectivity index (χ0) is 20.6. The number of benzene rings is 2. The van der Waals surface area contributed by atoms with Crippen molar-refractivity contribution >= 4 is 11.8 Å². The first kappa shape index (κ1) is 20.2. The molecule has 2 amide bonds. The Kier molecular flexibility index (Phi) is 6.77. The van der Waals surface area contributed by atoms with E-state index in [4.69, 9.17) is 0 Å². The molecular weight excluding hydrogens is 374 g/mol. The van der Waals surface area contributed by atoms with Crippen molar-refractivity contribution in [3.05, 3.63) is 83.6 Å². The molecule has 1 aliphatic rings. The highest BCUT2D eigenvalue weighted by Crippen LogP contribution is 2.14. The zero-order valence-electron chi connectivity index (χ0n) is 17.2. The number of nitrogens with zero attached hydrogens (tertiary/aromatic N) is 2. The van der Waals surface area contributed by atoms with Gasteiger partial charge >= 0.3 is 6.03 Å². The second-order valence-corrected chi connectivity index (χ2v) is 7.89. The van der Waals surface area contributed by atoms with Gasteiger partial charge in [-0.15, -0.1) is 0 Å². The maximum atomic E-state index is 12.4. The third-order valence-corrected chi connectivity index (χ3v) is 5.56. The van der Waals surface area contributed by atoms with Crippen LogP contribution in [0.3, 0.4) is 0 Å². The average molecular weight is 404 g/mol. The van der Waals surface area contributed by atoms with E-state index in [1.165, 1.54) is 11.1 Å². The molecule has 4 rings (SSSR count). The minimum absolute atomic E-state index is 0.172. The first-order valence-corrected chi connectivity index (χ1v) is 10.7. The van der Waals surface area contributed by atoms with Crippen LogP contribution in [0.4, 0.5) is 10.6 Å². The van der Waals surface area contributed by atoms with Gasteiger partial charge in [0.1, 0.15) is 5.82 Å². The van der Waals surface area contributed by atoms with E-state index >= 15 is 0 Å². The topological polar surface area (TPSA) is 73.0 Å². The van der Waals surface area contributed by atoms with Crippen LogP contribution in [0.2, 0.25) is 0 Å². The molecule has 6 nitrogen and oxygen atoms in total. The maximum Gasteiger partial charge on any atom is 0.320 e. The molecule has 6 heteroatoms. The second-order valence-electron chi connectivity index (χ2n) is 7.89. The molecule has 1 aromatic heterocycles. The van der Waals surface area contributed by atoms with E-state index < -0.39 is 0 Å². The van der Waals surface area contributed by atoms with Gasteiger partial charge in [0.2, 0.25) is 0 Å². The fraction of sp³-hybridized carbons (Fsp3) is 0.333. The molecule has 0 unspecified atom stereocenters. The highest BCUT2D eigenvalue weighted by molar-refractivity contribution is 5.88. The Morgan fingerprint density at radius 3 is 2.33 bits per heavy atom. The minimum Gasteiger partial charge on any atom is -0.335 e. The largest absolute Gasteiger partial charge is 0.335 e. The number of anilines is 1. The Balaban J connectivity index is 1.18. The van der Waals surface area contributed by atoms with Crippen molar-refractivity contribution < 1.29 is 4.79 Å². The van der Waals surface area contributed by atoms with Gasteiger partial charge in [-0.25, -0.2) is 4.79 Å². The number of piperidine rings is 1. The van der Waals surface area contributed by atoms with Crippen molar-refractivity contribution in [2.45, 2.75) is 38.3 Å². The summed E-state index contributed by atoms with van der Waals surface area (Å²) in [6, 6.07) is 22.8. The Hall–Kier alpha value is -3.12. The third kappa shape index (κ3) is 5.94. The predicted octanol–water partition coefficient (Wildman–Crippen LogP) is 3.98. The fourth-order valence-electron chi connectivity index (χ4n) is 3.89. The lowest BCUT2D eigenvalue weighted by Gasteiger charge is -2.32. The molecule has 0 radical (unpaired) electrons. The van der Waals surface area contributed by atoms with Crippen LogP contribution in [0.25, 0.3) is 0 Å². The van der Waals surface area contributed by atoms with E-state index in [2.05, 4.69) is 62.1 Å². The predicted molar refractivity (Wildman–Crippen MR) is 119 cm³/mol. The number of nitrogens with one attached hydrogen (secondary N) is 3. The second kappa shape index (κ2) is 10.1. The normalized spacial score (nSPS) is 15.1. The molecule has 0 aliphatic carbocycles. The number of H-pyrrole nitrogens is 1. The fourth-order valence-corrected chi connectivity index (χ4v) is 3.89. The number of aromatic amines is 1. The highest BCUT2D eigenvalue weighted by atomic mass is 16.2. The molecule has 3 N–H and O–H groups in total. The lowest BCUT2D eigenvalue weighted by Crippen LogP contribution is -2.45. The summed E-state index contributed by atoms with van der Waals surface area (Å²) >= 11 is 0. The van der Waals surface area contributed by atoms with Crippen molar-refractivity contribution in [1.29, 1.82) is 0 Å². The van der Waals surface area contributed by atoms with Crippen LogP contribution in [0.1, 0.15) is 29.7 Å². The van der Waals surface area contributed by atoms with Crippen LogP contribution in [-0.4, -0.2) is 40.3 Å². The molecule has 3 aromatic rings. The first-order valence-electron chi connectivity index (χ1n) is 10.7. The molecule has 2 heterocycles. The van der Waals surface area contributed by atoms with Crippen molar-refractivity contribution in [3.63, 3.8) is 0 Å². The number of aromatic nitrogens is 2. The third-order valence-electron chi connectivity index (χ3n) is 5.56. The Labute approximate surface area is 177 Å². The number of likely N-dealkylation sites (tertiary alicyclic amines) is 1. The number of hydrogen-bond acceptors (Lipinski definition) is 3. The lowest BCUT2D eigenvalue weighted by atomic mass is 10.0. The summed E-state index contributed by atoms with van der Waals surface area (Å²) in [7, 11) is 0. The summed E-state index contributed by atoms with van der Waals surface area (Å²) in [4.78, 5) is 14.8. The monoisotopic (exact) mass is 403 g/mol. The number of rotatable bonds is 7. The van der Waals surface area contributed by atoms with E-state index in [-0.39, 0.29) is 12.1 Å². The van der Waals surface area contributed by atoms with Crippen LogP contribution in [0.15, 0.2) is 66.7 Å². The number of amides is 2. The molecule has 1 saturated heterocycles. The summed E-state index contributed by atoms with van der Waals surface area (Å²) in [5.74, 6) is 0.636. The molecule has 1 fully saturated rings. The first-order chi connectivity index (χ1) is 14.7. The van der Waals surface area contributed by atoms with Crippen molar-refractivity contribution in [3.8, 4) is 0 Å². The van der Waals surface area contributed by atoms with E-state index in [0.717, 1.165) is 51.0 Å². The van der Waals surface area contributed by atoms with E-state index in [1.54, 1.807) is 0 Å². The van der Waals surface area contributed by atoms with Gasteiger partial charge in [-0.1, -0.05) is 60.7 Å². The smallest absolute Gasteiger partial charge is 0.320 e. The van der Waals surface area contributed by atoms with Crippen LogP contribution >= 0.6 is 0 Å². The van der Waals surface area contributed by atoms with Crippen LogP contribution in [0, 0.1) is 0 Å². The minimum atomic E-state index is -0.172. The van der Waals surface area contributed by atoms with Gasteiger partial charge in [-0.05, 0) is 36.8 Å². The lowest BCUT2D eigenvalue weighted by molar-refractivity contribution is 0.190. The van der Waals surface area contributed by atoms with Gasteiger partial charge in [-0.3, -0.25) is 15.3 Å². The van der Waals surface area contributed by atoms with Gasteiger partial charge in [0.15, 0.2) is 0 Å². The Morgan fingerprint density at radius 1 is 0.967 bits per heavy atom. The molecule has 0 saturated carbocycles. The van der Waals surface area contributed by atoms with E-state index in [9.17, 15) is 4.79 Å². The number of urea groups is 1. The number of hydrogen-bond donors (Lipinski definition) is 3. The standard InChI is InChI=1S/C24H29N5O/c30-24(25-21-13-15-29(16-14-21)18-20-9-5-2-6-10-20)26-23-17-22(27-28-23)12-11-19-7-3-1-4-8-19/h1-10,17,21H,11-16,18H2,(H3,25,26,27,28,30). The molecule has 0 atom stereocenters. The number of carbonyl (C=O) groups is 1. The Morgan fingerprint density at radius 2 is 1.63 bits per heavy atom. The summed E-state index contributed by atoms with van der Waals surface area (Å²) in [6.45, 7) is 2.96. The molecule has 0 bridgehead atoms. The van der Waals surface area contributed by atoms with Crippen LogP contribution in [0.5, 0.6) is 0 Å². The van der Waals surface area contributed by atoms with Gasteiger partial charge in [0.05, 0.1) is 5.69 Å². The summed E-state index contributed by atoms with van der Waals surface area (Å²) in [5.41, 5.74) is 3.57. The molecule has 2 aromatic carbocycles. The molecule has 0 spiro atoms. The number of carbonyl (C=O) groups excluding carboxylic acids is 1. The Bertz CT molecular complexity index is 917. The van der Waals surface area contributed by atoms with Gasteiger partial charge in [0, 0.05) is 31.7 Å². The summed E-state index contributed by atoms with van der Waals surface area (Å²) in [5, 5.41) is 13.2. The summed E-state index contributed by atoms with van der Waals surface area (Å²) < 4.78 is 0. The van der Waals surface area contributed by atoms with Crippen LogP contribution < -0.4 is 10.6 Å². The molecule has 156 valence electrons. The molecular formula is C24H29N5O. The van der Waals surface area contributed by atoms with Gasteiger partial charge in [0.25, 0.3) is 0 Å². The SMILES string of the molecule is O=C(Nc1cc(CCc2ccccc2)n[nH]1)NC1CCN(Cc2ccccc2)CC1. The highest BCUT2D eigenvalue weighted by Gasteiger charge is 2.21. The summed E-state index contributed by atoms with van der Waals surface area (Å²) in [6.07, 6.45) is 3.69. The van der Waals surface area contributed by atoms with Gasteiger partial charge < -0.3 is 5.32 Å².